The number of rotatable bonds is 5. The van der Waals surface area contributed by atoms with Gasteiger partial charge in [0.1, 0.15) is 5.82 Å². The molecule has 1 aromatic carbocycles. The Labute approximate surface area is 119 Å². The summed E-state index contributed by atoms with van der Waals surface area (Å²) in [6.45, 7) is 2.13. The fourth-order valence-corrected chi connectivity index (χ4v) is 2.67. The standard InChI is InChI=1S/C15H22FN3O/c1-17-10-12-6-4-5-9-19(12)11-15(20)18-14-8-3-2-7-13(14)16/h2-3,7-8,12,17H,4-6,9-11H2,1H3,(H,18,20). The molecule has 1 fully saturated rings. The van der Waals surface area contributed by atoms with Gasteiger partial charge >= 0.3 is 0 Å². The largest absolute Gasteiger partial charge is 0.322 e. The Bertz CT molecular complexity index is 450. The van der Waals surface area contributed by atoms with Gasteiger partial charge in [-0.3, -0.25) is 9.69 Å². The minimum absolute atomic E-state index is 0.155. The van der Waals surface area contributed by atoms with Crippen LogP contribution in [-0.4, -0.2) is 43.5 Å². The van der Waals surface area contributed by atoms with Gasteiger partial charge in [0.2, 0.25) is 5.91 Å². The molecule has 1 heterocycles. The average Bonchev–Trinajstić information content (AvgIpc) is 2.44. The molecule has 2 N–H and O–H groups in total. The Hall–Kier alpha value is -1.46. The fraction of sp³-hybridized carbons (Fsp3) is 0.533. The normalized spacial score (nSPS) is 19.8. The van der Waals surface area contributed by atoms with Gasteiger partial charge in [-0.15, -0.1) is 0 Å². The third-order valence-corrected chi connectivity index (χ3v) is 3.68. The molecule has 1 saturated heterocycles. The molecule has 1 atom stereocenters. The van der Waals surface area contributed by atoms with Gasteiger partial charge in [0.25, 0.3) is 0 Å². The monoisotopic (exact) mass is 279 g/mol. The first-order valence-electron chi connectivity index (χ1n) is 7.13. The van der Waals surface area contributed by atoms with Crippen molar-refractivity contribution in [2.45, 2.75) is 25.3 Å². The Kier molecular flexibility index (Phi) is 5.49. The van der Waals surface area contributed by atoms with Crippen LogP contribution in [0.3, 0.4) is 0 Å². The molecule has 4 nitrogen and oxygen atoms in total. The molecule has 1 amide bonds. The molecule has 110 valence electrons. The number of likely N-dealkylation sites (N-methyl/N-ethyl adjacent to an activating group) is 1. The summed E-state index contributed by atoms with van der Waals surface area (Å²) >= 11 is 0. The third kappa shape index (κ3) is 4.02. The molecule has 1 aliphatic rings. The first-order valence-corrected chi connectivity index (χ1v) is 7.13. The van der Waals surface area contributed by atoms with E-state index >= 15 is 0 Å². The molecule has 2 rings (SSSR count). The number of likely N-dealkylation sites (tertiary alicyclic amines) is 1. The summed E-state index contributed by atoms with van der Waals surface area (Å²) in [5, 5.41) is 5.81. The number of hydrogen-bond donors (Lipinski definition) is 2. The smallest absolute Gasteiger partial charge is 0.238 e. The van der Waals surface area contributed by atoms with E-state index < -0.39 is 5.82 Å². The minimum Gasteiger partial charge on any atom is -0.322 e. The highest BCUT2D eigenvalue weighted by Crippen LogP contribution is 2.17. The van der Waals surface area contributed by atoms with Gasteiger partial charge in [0.05, 0.1) is 12.2 Å². The Balaban J connectivity index is 1.91. The molecule has 20 heavy (non-hydrogen) atoms. The number of piperidine rings is 1. The highest BCUT2D eigenvalue weighted by molar-refractivity contribution is 5.92. The van der Waals surface area contributed by atoms with Gasteiger partial charge < -0.3 is 10.6 Å². The highest BCUT2D eigenvalue weighted by Gasteiger charge is 2.23. The number of amides is 1. The number of carbonyl (C=O) groups excluding carboxylic acids is 1. The van der Waals surface area contributed by atoms with Crippen molar-refractivity contribution in [2.75, 3.05) is 32.0 Å². The van der Waals surface area contributed by atoms with Crippen LogP contribution >= 0.6 is 0 Å². The summed E-state index contributed by atoms with van der Waals surface area (Å²) in [5.74, 6) is -0.552. The van der Waals surface area contributed by atoms with Crippen molar-refractivity contribution in [3.8, 4) is 0 Å². The maximum absolute atomic E-state index is 13.5. The topological polar surface area (TPSA) is 44.4 Å². The van der Waals surface area contributed by atoms with Crippen molar-refractivity contribution in [2.24, 2.45) is 0 Å². The number of para-hydroxylation sites is 1. The highest BCUT2D eigenvalue weighted by atomic mass is 19.1. The van der Waals surface area contributed by atoms with E-state index in [0.717, 1.165) is 25.9 Å². The molecule has 0 aliphatic carbocycles. The van der Waals surface area contributed by atoms with Crippen LogP contribution in [0.2, 0.25) is 0 Å². The molecule has 0 aromatic heterocycles. The summed E-state index contributed by atoms with van der Waals surface area (Å²) in [6, 6.07) is 6.64. The number of halogens is 1. The van der Waals surface area contributed by atoms with E-state index in [2.05, 4.69) is 15.5 Å². The van der Waals surface area contributed by atoms with E-state index in [4.69, 9.17) is 0 Å². The molecule has 5 heteroatoms. The number of nitrogens with one attached hydrogen (secondary N) is 2. The van der Waals surface area contributed by atoms with Gasteiger partial charge in [-0.1, -0.05) is 18.6 Å². The second-order valence-electron chi connectivity index (χ2n) is 5.21. The Morgan fingerprint density at radius 3 is 2.95 bits per heavy atom. The number of anilines is 1. The number of hydrogen-bond acceptors (Lipinski definition) is 3. The van der Waals surface area contributed by atoms with Crippen LogP contribution in [0.4, 0.5) is 10.1 Å². The fourth-order valence-electron chi connectivity index (χ4n) is 2.67. The van der Waals surface area contributed by atoms with E-state index in [-0.39, 0.29) is 11.6 Å². The first-order chi connectivity index (χ1) is 9.70. The van der Waals surface area contributed by atoms with Crippen LogP contribution in [-0.2, 0) is 4.79 Å². The average molecular weight is 279 g/mol. The SMILES string of the molecule is CNCC1CCCCN1CC(=O)Nc1ccccc1F. The van der Waals surface area contributed by atoms with Crippen LogP contribution in [0, 0.1) is 5.82 Å². The van der Waals surface area contributed by atoms with Gasteiger partial charge in [-0.05, 0) is 38.6 Å². The maximum atomic E-state index is 13.5. The van der Waals surface area contributed by atoms with Crippen molar-refractivity contribution >= 4 is 11.6 Å². The molecular formula is C15H22FN3O. The predicted octanol–water partition coefficient (Wildman–Crippen LogP) is 1.84. The van der Waals surface area contributed by atoms with E-state index in [1.165, 1.54) is 12.5 Å². The van der Waals surface area contributed by atoms with Gasteiger partial charge in [0, 0.05) is 12.6 Å². The first kappa shape index (κ1) is 14.9. The predicted molar refractivity (Wildman–Crippen MR) is 78.2 cm³/mol. The molecule has 0 spiro atoms. The molecule has 1 aliphatic heterocycles. The summed E-state index contributed by atoms with van der Waals surface area (Å²) in [6.07, 6.45) is 3.43. The third-order valence-electron chi connectivity index (χ3n) is 3.68. The lowest BCUT2D eigenvalue weighted by atomic mass is 10.0. The molecule has 1 unspecified atom stereocenters. The van der Waals surface area contributed by atoms with Crippen LogP contribution in [0.25, 0.3) is 0 Å². The van der Waals surface area contributed by atoms with E-state index in [1.807, 2.05) is 7.05 Å². The number of carbonyl (C=O) groups is 1. The number of nitrogens with zero attached hydrogens (tertiary/aromatic N) is 1. The number of benzene rings is 1. The molecule has 0 bridgehead atoms. The van der Waals surface area contributed by atoms with E-state index in [0.29, 0.717) is 12.6 Å². The lowest BCUT2D eigenvalue weighted by Crippen LogP contribution is -2.47. The van der Waals surface area contributed by atoms with Crippen LogP contribution in [0.1, 0.15) is 19.3 Å². The van der Waals surface area contributed by atoms with E-state index in [9.17, 15) is 9.18 Å². The van der Waals surface area contributed by atoms with Crippen molar-refractivity contribution in [1.29, 1.82) is 0 Å². The molecule has 0 radical (unpaired) electrons. The zero-order valence-corrected chi connectivity index (χ0v) is 11.9. The molecule has 0 saturated carbocycles. The van der Waals surface area contributed by atoms with Gasteiger partial charge in [-0.2, -0.15) is 0 Å². The zero-order chi connectivity index (χ0) is 14.4. The summed E-state index contributed by atoms with van der Waals surface area (Å²) in [4.78, 5) is 14.2. The van der Waals surface area contributed by atoms with Gasteiger partial charge in [0.15, 0.2) is 0 Å². The van der Waals surface area contributed by atoms with Crippen LogP contribution < -0.4 is 10.6 Å². The minimum atomic E-state index is -0.397. The quantitative estimate of drug-likeness (QED) is 0.864. The van der Waals surface area contributed by atoms with Crippen molar-refractivity contribution in [3.63, 3.8) is 0 Å². The van der Waals surface area contributed by atoms with Crippen molar-refractivity contribution in [3.05, 3.63) is 30.1 Å². The van der Waals surface area contributed by atoms with Crippen molar-refractivity contribution < 1.29 is 9.18 Å². The van der Waals surface area contributed by atoms with E-state index in [1.54, 1.807) is 18.2 Å². The van der Waals surface area contributed by atoms with Gasteiger partial charge in [-0.25, -0.2) is 4.39 Å². The van der Waals surface area contributed by atoms with Crippen LogP contribution in [0.5, 0.6) is 0 Å². The second kappa shape index (κ2) is 7.36. The molecule has 1 aromatic rings. The maximum Gasteiger partial charge on any atom is 0.238 e. The zero-order valence-electron chi connectivity index (χ0n) is 11.9. The van der Waals surface area contributed by atoms with Crippen LogP contribution in [0.15, 0.2) is 24.3 Å². The summed E-state index contributed by atoms with van der Waals surface area (Å²) < 4.78 is 13.5. The summed E-state index contributed by atoms with van der Waals surface area (Å²) in [5.41, 5.74) is 0.250. The Morgan fingerprint density at radius 1 is 1.40 bits per heavy atom. The van der Waals surface area contributed by atoms with Crippen molar-refractivity contribution in [1.82, 2.24) is 10.2 Å². The second-order valence-corrected chi connectivity index (χ2v) is 5.21. The Morgan fingerprint density at radius 2 is 2.20 bits per heavy atom. The lowest BCUT2D eigenvalue weighted by molar-refractivity contribution is -0.118. The lowest BCUT2D eigenvalue weighted by Gasteiger charge is -2.35. The molecular weight excluding hydrogens is 257 g/mol. The summed E-state index contributed by atoms with van der Waals surface area (Å²) in [7, 11) is 1.92.